The van der Waals surface area contributed by atoms with Crippen molar-refractivity contribution in [3.8, 4) is 11.6 Å². The summed E-state index contributed by atoms with van der Waals surface area (Å²) in [6.07, 6.45) is 1.20. The smallest absolute Gasteiger partial charge is 0.360 e. The van der Waals surface area contributed by atoms with E-state index >= 15 is 0 Å². The number of hydrogen-bond acceptors (Lipinski definition) is 8. The molecular formula is C14H19Br2N3O5. The summed E-state index contributed by atoms with van der Waals surface area (Å²) in [5.74, 6) is -0.0724. The molecule has 0 saturated heterocycles. The van der Waals surface area contributed by atoms with Crippen molar-refractivity contribution in [1.82, 2.24) is 9.97 Å². The summed E-state index contributed by atoms with van der Waals surface area (Å²) in [6.45, 7) is 5.95. The Bertz CT molecular complexity index is 678. The lowest BCUT2D eigenvalue weighted by atomic mass is 9.87. The van der Waals surface area contributed by atoms with Gasteiger partial charge in [-0.1, -0.05) is 20.8 Å². The van der Waals surface area contributed by atoms with Gasteiger partial charge < -0.3 is 23.1 Å². The number of hydrogen-bond donors (Lipinski definition) is 1. The van der Waals surface area contributed by atoms with E-state index in [1.165, 1.54) is 13.4 Å². The third-order valence-corrected chi connectivity index (χ3v) is 3.44. The van der Waals surface area contributed by atoms with Gasteiger partial charge in [-0.3, -0.25) is 0 Å². The van der Waals surface area contributed by atoms with Crippen molar-refractivity contribution < 1.29 is 22.2 Å². The summed E-state index contributed by atoms with van der Waals surface area (Å²) < 4.78 is 19.7. The minimum atomic E-state index is -0.587. The molecule has 8 nitrogen and oxygen atoms in total. The molecule has 0 aromatic carbocycles. The SMILES string of the molecule is COBr.COC(=O)c1coc(-c2nc(C(N)C(C)(C)C)oc2Br)n1. The highest BCUT2D eigenvalue weighted by atomic mass is 79.9. The summed E-state index contributed by atoms with van der Waals surface area (Å²) in [7, 11) is 2.81. The summed E-state index contributed by atoms with van der Waals surface area (Å²) in [5, 5.41) is 0. The number of ether oxygens (including phenoxy) is 1. The summed E-state index contributed by atoms with van der Waals surface area (Å²) in [6, 6.07) is -0.391. The zero-order valence-corrected chi connectivity index (χ0v) is 17.1. The van der Waals surface area contributed by atoms with E-state index in [-0.39, 0.29) is 17.0 Å². The zero-order chi connectivity index (χ0) is 18.5. The first-order valence-corrected chi connectivity index (χ1v) is 8.20. The molecule has 2 aromatic heterocycles. The molecule has 24 heavy (non-hydrogen) atoms. The Morgan fingerprint density at radius 3 is 2.42 bits per heavy atom. The molecule has 2 aromatic rings. The van der Waals surface area contributed by atoms with Crippen LogP contribution in [0.15, 0.2) is 19.8 Å². The van der Waals surface area contributed by atoms with Crippen molar-refractivity contribution >= 4 is 38.2 Å². The van der Waals surface area contributed by atoms with E-state index in [1.807, 2.05) is 20.8 Å². The van der Waals surface area contributed by atoms with Crippen LogP contribution in [0.2, 0.25) is 0 Å². The van der Waals surface area contributed by atoms with E-state index in [1.54, 1.807) is 7.11 Å². The van der Waals surface area contributed by atoms with Crippen LogP contribution in [0.3, 0.4) is 0 Å². The predicted octanol–water partition coefficient (Wildman–Crippen LogP) is 3.87. The van der Waals surface area contributed by atoms with Crippen molar-refractivity contribution in [2.75, 3.05) is 14.2 Å². The lowest BCUT2D eigenvalue weighted by Gasteiger charge is -2.23. The highest BCUT2D eigenvalue weighted by molar-refractivity contribution is 9.10. The summed E-state index contributed by atoms with van der Waals surface area (Å²) >= 11 is 5.90. The molecule has 0 saturated carbocycles. The third kappa shape index (κ3) is 5.13. The highest BCUT2D eigenvalue weighted by Gasteiger charge is 2.29. The van der Waals surface area contributed by atoms with Crippen LogP contribution in [0.25, 0.3) is 11.6 Å². The number of nitrogens with two attached hydrogens (primary N) is 1. The fourth-order valence-electron chi connectivity index (χ4n) is 1.53. The number of rotatable bonds is 3. The number of oxazole rings is 2. The fraction of sp³-hybridized carbons (Fsp3) is 0.500. The van der Waals surface area contributed by atoms with Gasteiger partial charge in [0, 0.05) is 0 Å². The van der Waals surface area contributed by atoms with E-state index in [2.05, 4.69) is 50.7 Å². The maximum absolute atomic E-state index is 11.4. The minimum absolute atomic E-state index is 0.0593. The average Bonchev–Trinajstić information content (AvgIpc) is 3.12. The van der Waals surface area contributed by atoms with Gasteiger partial charge in [-0.2, -0.15) is 0 Å². The molecule has 10 heteroatoms. The lowest BCUT2D eigenvalue weighted by Crippen LogP contribution is -2.26. The molecule has 0 aliphatic carbocycles. The van der Waals surface area contributed by atoms with E-state index in [0.717, 1.165) is 0 Å². The van der Waals surface area contributed by atoms with E-state index < -0.39 is 12.0 Å². The quantitative estimate of drug-likeness (QED) is 0.675. The van der Waals surface area contributed by atoms with E-state index in [9.17, 15) is 4.79 Å². The first kappa shape index (κ1) is 20.8. The van der Waals surface area contributed by atoms with Crippen LogP contribution in [0, 0.1) is 5.41 Å². The van der Waals surface area contributed by atoms with Gasteiger partial charge in [0.25, 0.3) is 5.89 Å². The Hall–Kier alpha value is -1.23. The number of nitrogens with zero attached hydrogens (tertiary/aromatic N) is 2. The van der Waals surface area contributed by atoms with Gasteiger partial charge in [0.1, 0.15) is 6.26 Å². The molecule has 134 valence electrons. The third-order valence-electron chi connectivity index (χ3n) is 2.90. The molecular weight excluding hydrogens is 450 g/mol. The first-order chi connectivity index (χ1) is 11.1. The van der Waals surface area contributed by atoms with Gasteiger partial charge in [0.05, 0.1) is 36.5 Å². The molecule has 0 aliphatic rings. The van der Waals surface area contributed by atoms with Crippen molar-refractivity contribution in [2.24, 2.45) is 11.1 Å². The van der Waals surface area contributed by atoms with Crippen LogP contribution in [0.5, 0.6) is 0 Å². The fourth-order valence-corrected chi connectivity index (χ4v) is 1.96. The Morgan fingerprint density at radius 1 is 1.33 bits per heavy atom. The second kappa shape index (κ2) is 8.75. The zero-order valence-electron chi connectivity index (χ0n) is 13.9. The number of aromatic nitrogens is 2. The number of carbonyl (C=O) groups is 1. The maximum Gasteiger partial charge on any atom is 0.360 e. The second-order valence-corrected chi connectivity index (χ2v) is 7.07. The van der Waals surface area contributed by atoms with Gasteiger partial charge in [0.2, 0.25) is 10.6 Å². The Kier molecular flexibility index (Phi) is 7.58. The monoisotopic (exact) mass is 467 g/mol. The topological polar surface area (TPSA) is 114 Å². The second-order valence-electron chi connectivity index (χ2n) is 5.70. The standard InChI is InChI=1S/C13H16BrN3O4.CH3BrO/c1-13(2,3)8(15)11-17-7(9(14)21-11)10-16-6(5-20-10)12(18)19-4;1-3-2/h5,8H,15H2,1-4H3;1H3. The van der Waals surface area contributed by atoms with Gasteiger partial charge >= 0.3 is 5.97 Å². The molecule has 0 bridgehead atoms. The summed E-state index contributed by atoms with van der Waals surface area (Å²) in [4.78, 5) is 19.7. The molecule has 2 N–H and O–H groups in total. The van der Waals surface area contributed by atoms with Crippen molar-refractivity contribution in [2.45, 2.75) is 26.8 Å². The van der Waals surface area contributed by atoms with Crippen LogP contribution in [0.4, 0.5) is 0 Å². The molecule has 0 aliphatic heterocycles. The molecule has 0 fully saturated rings. The summed E-state index contributed by atoms with van der Waals surface area (Å²) in [5.41, 5.74) is 6.30. The Balaban J connectivity index is 0.000000891. The molecule has 0 radical (unpaired) electrons. The number of esters is 1. The number of halogens is 2. The largest absolute Gasteiger partial charge is 0.464 e. The van der Waals surface area contributed by atoms with Crippen LogP contribution in [-0.4, -0.2) is 30.2 Å². The van der Waals surface area contributed by atoms with Gasteiger partial charge in [0.15, 0.2) is 11.4 Å². The lowest BCUT2D eigenvalue weighted by molar-refractivity contribution is 0.0594. The van der Waals surface area contributed by atoms with Gasteiger partial charge in [-0.25, -0.2) is 14.8 Å². The van der Waals surface area contributed by atoms with Crippen molar-refractivity contribution in [3.05, 3.63) is 22.5 Å². The Morgan fingerprint density at radius 2 is 1.92 bits per heavy atom. The average molecular weight is 469 g/mol. The van der Waals surface area contributed by atoms with Crippen LogP contribution >= 0.6 is 32.2 Å². The van der Waals surface area contributed by atoms with E-state index in [4.69, 9.17) is 14.6 Å². The Labute approximate surface area is 156 Å². The minimum Gasteiger partial charge on any atom is -0.464 e. The predicted molar refractivity (Wildman–Crippen MR) is 93.4 cm³/mol. The van der Waals surface area contributed by atoms with Crippen LogP contribution in [0.1, 0.15) is 43.2 Å². The maximum atomic E-state index is 11.4. The van der Waals surface area contributed by atoms with Crippen molar-refractivity contribution in [3.63, 3.8) is 0 Å². The van der Waals surface area contributed by atoms with Gasteiger partial charge in [-0.05, 0) is 21.3 Å². The van der Waals surface area contributed by atoms with Crippen LogP contribution in [-0.2, 0) is 8.57 Å². The van der Waals surface area contributed by atoms with Crippen molar-refractivity contribution in [1.29, 1.82) is 0 Å². The molecule has 2 rings (SSSR count). The molecule has 1 atom stereocenters. The normalized spacial score (nSPS) is 12.3. The first-order valence-electron chi connectivity index (χ1n) is 6.76. The van der Waals surface area contributed by atoms with E-state index in [0.29, 0.717) is 16.3 Å². The molecule has 1 unspecified atom stereocenters. The highest BCUT2D eigenvalue weighted by Crippen LogP contribution is 2.35. The number of methoxy groups -OCH3 is 1. The number of carbonyl (C=O) groups excluding carboxylic acids is 1. The van der Waals surface area contributed by atoms with Gasteiger partial charge in [-0.15, -0.1) is 0 Å². The molecule has 0 amide bonds. The molecule has 2 heterocycles. The molecule has 0 spiro atoms. The van der Waals surface area contributed by atoms with Crippen LogP contribution < -0.4 is 5.73 Å².